The van der Waals surface area contributed by atoms with E-state index in [2.05, 4.69) is 11.4 Å². The number of halogens is 2. The molecular formula is C23H15Cl2NO2S3. The van der Waals surface area contributed by atoms with Gasteiger partial charge < -0.3 is 10.4 Å². The molecule has 1 unspecified atom stereocenters. The normalized spacial score (nSPS) is 15.2. The standard InChI is InChI=1S/C23H15Cl2NO2S3/c24-15-5-2-6-16(25)22(15)26-17-11-20-19(30-20)10-14(17)21(23(27)28)13-4-1-3-12(9-13)18-7-8-29-31-18/h1-7,9-11,21,26H,8H2,(H,27,28). The summed E-state index contributed by atoms with van der Waals surface area (Å²) < 4.78 is 0. The zero-order valence-electron chi connectivity index (χ0n) is 15.9. The number of hydrogen-bond acceptors (Lipinski definition) is 5. The Morgan fingerprint density at radius 2 is 1.77 bits per heavy atom. The number of anilines is 2. The first kappa shape index (κ1) is 21.2. The van der Waals surface area contributed by atoms with Crippen LogP contribution in [0, 0.1) is 0 Å². The Morgan fingerprint density at radius 3 is 2.48 bits per heavy atom. The Labute approximate surface area is 202 Å². The summed E-state index contributed by atoms with van der Waals surface area (Å²) in [5.74, 6) is -0.769. The monoisotopic (exact) mass is 503 g/mol. The van der Waals surface area contributed by atoms with Crippen LogP contribution in [0.5, 0.6) is 0 Å². The predicted octanol–water partition coefficient (Wildman–Crippen LogP) is 8.15. The van der Waals surface area contributed by atoms with Gasteiger partial charge in [-0.2, -0.15) is 0 Å². The van der Waals surface area contributed by atoms with Crippen molar-refractivity contribution < 1.29 is 9.90 Å². The van der Waals surface area contributed by atoms with Crippen molar-refractivity contribution >= 4 is 78.8 Å². The fraction of sp³-hybridized carbons (Fsp3) is 0.0870. The lowest BCUT2D eigenvalue weighted by atomic mass is 9.89. The van der Waals surface area contributed by atoms with Crippen LogP contribution in [0.25, 0.3) is 4.91 Å². The number of rotatable bonds is 6. The predicted molar refractivity (Wildman–Crippen MR) is 134 cm³/mol. The Hall–Kier alpha value is -1.70. The quantitative estimate of drug-likeness (QED) is 0.204. The van der Waals surface area contributed by atoms with Crippen LogP contribution in [0.15, 0.2) is 70.5 Å². The average Bonchev–Trinajstić information content (AvgIpc) is 3.28. The van der Waals surface area contributed by atoms with Gasteiger partial charge in [-0.05, 0) is 47.0 Å². The van der Waals surface area contributed by atoms with Crippen LogP contribution in [0.4, 0.5) is 11.4 Å². The van der Waals surface area contributed by atoms with Crippen LogP contribution < -0.4 is 5.32 Å². The summed E-state index contributed by atoms with van der Waals surface area (Å²) in [4.78, 5) is 15.9. The number of nitrogens with one attached hydrogen (secondary N) is 1. The summed E-state index contributed by atoms with van der Waals surface area (Å²) in [6.07, 6.45) is 2.17. The van der Waals surface area contributed by atoms with Crippen LogP contribution in [0.1, 0.15) is 22.6 Å². The molecule has 3 aromatic carbocycles. The minimum Gasteiger partial charge on any atom is -0.481 e. The van der Waals surface area contributed by atoms with Crippen molar-refractivity contribution in [2.24, 2.45) is 0 Å². The highest BCUT2D eigenvalue weighted by atomic mass is 35.5. The van der Waals surface area contributed by atoms with Crippen molar-refractivity contribution in [3.63, 3.8) is 0 Å². The lowest BCUT2D eigenvalue weighted by Crippen LogP contribution is -2.15. The van der Waals surface area contributed by atoms with Gasteiger partial charge in [-0.1, -0.05) is 86.9 Å². The summed E-state index contributed by atoms with van der Waals surface area (Å²) in [6, 6.07) is 17.0. The Bertz CT molecular complexity index is 1230. The third-order valence-corrected chi connectivity index (χ3v) is 8.91. The zero-order chi connectivity index (χ0) is 21.5. The Balaban J connectivity index is 1.59. The molecule has 0 spiro atoms. The zero-order valence-corrected chi connectivity index (χ0v) is 19.9. The molecule has 0 aromatic heterocycles. The lowest BCUT2D eigenvalue weighted by molar-refractivity contribution is -0.137. The summed E-state index contributed by atoms with van der Waals surface area (Å²) >= 11 is 14.4. The first-order valence-corrected chi connectivity index (χ1v) is 13.3. The maximum absolute atomic E-state index is 12.5. The molecule has 3 aromatic rings. The summed E-state index contributed by atoms with van der Waals surface area (Å²) in [5.41, 5.74) is 3.74. The number of fused-ring (bicyclic) bond motifs is 1. The Kier molecular flexibility index (Phi) is 5.92. The van der Waals surface area contributed by atoms with E-state index >= 15 is 0 Å². The SMILES string of the molecule is O=C(O)C(c1cccc(C2=CCSS2)c1)c1cc2c(cc1Nc1c(Cl)cccc1Cl)S2. The molecule has 0 radical (unpaired) electrons. The first-order chi connectivity index (χ1) is 15.0. The van der Waals surface area contributed by atoms with Gasteiger partial charge in [-0.15, -0.1) is 0 Å². The second-order valence-corrected chi connectivity index (χ2v) is 11.3. The number of carbonyl (C=O) groups is 1. The number of benzene rings is 3. The molecule has 0 saturated carbocycles. The molecule has 2 aliphatic rings. The molecule has 5 rings (SSSR count). The van der Waals surface area contributed by atoms with Gasteiger partial charge in [0.1, 0.15) is 5.92 Å². The first-order valence-electron chi connectivity index (χ1n) is 9.41. The number of para-hydroxylation sites is 1. The van der Waals surface area contributed by atoms with E-state index in [1.54, 1.807) is 51.5 Å². The van der Waals surface area contributed by atoms with Crippen molar-refractivity contribution in [1.29, 1.82) is 0 Å². The van der Waals surface area contributed by atoms with Crippen molar-refractivity contribution in [3.05, 3.63) is 87.4 Å². The van der Waals surface area contributed by atoms with Crippen LogP contribution in [0.2, 0.25) is 10.0 Å². The maximum Gasteiger partial charge on any atom is 0.315 e. The molecule has 2 heterocycles. The van der Waals surface area contributed by atoms with Gasteiger partial charge in [0.05, 0.1) is 15.7 Å². The molecule has 0 saturated heterocycles. The molecule has 2 N–H and O–H groups in total. The molecule has 0 bridgehead atoms. The number of carboxylic acids is 1. The highest BCUT2D eigenvalue weighted by Crippen LogP contribution is 2.53. The van der Waals surface area contributed by atoms with E-state index in [0.29, 0.717) is 27.0 Å². The molecule has 31 heavy (non-hydrogen) atoms. The molecular weight excluding hydrogens is 489 g/mol. The molecule has 0 amide bonds. The molecule has 156 valence electrons. The molecule has 3 nitrogen and oxygen atoms in total. The van der Waals surface area contributed by atoms with Crippen molar-refractivity contribution in [3.8, 4) is 0 Å². The highest BCUT2D eigenvalue weighted by Gasteiger charge is 2.31. The van der Waals surface area contributed by atoms with Crippen LogP contribution in [-0.2, 0) is 4.79 Å². The van der Waals surface area contributed by atoms with E-state index in [1.165, 1.54) is 4.91 Å². The van der Waals surface area contributed by atoms with Gasteiger partial charge in [-0.25, -0.2) is 0 Å². The topological polar surface area (TPSA) is 49.3 Å². The van der Waals surface area contributed by atoms with Crippen LogP contribution in [0.3, 0.4) is 0 Å². The van der Waals surface area contributed by atoms with Crippen molar-refractivity contribution in [1.82, 2.24) is 0 Å². The van der Waals surface area contributed by atoms with Gasteiger partial charge in [0.15, 0.2) is 0 Å². The molecule has 8 heteroatoms. The second-order valence-electron chi connectivity index (χ2n) is 7.04. The minimum atomic E-state index is -0.904. The van der Waals surface area contributed by atoms with E-state index < -0.39 is 11.9 Å². The third kappa shape index (κ3) is 4.32. The second kappa shape index (κ2) is 8.68. The highest BCUT2D eigenvalue weighted by molar-refractivity contribution is 8.80. The van der Waals surface area contributed by atoms with Gasteiger partial charge in [0.25, 0.3) is 0 Å². The minimum absolute atomic E-state index is 0.479. The maximum atomic E-state index is 12.5. The van der Waals surface area contributed by atoms with Gasteiger partial charge in [0, 0.05) is 26.1 Å². The van der Waals surface area contributed by atoms with E-state index in [9.17, 15) is 9.90 Å². The van der Waals surface area contributed by atoms with E-state index in [4.69, 9.17) is 23.2 Å². The Morgan fingerprint density at radius 1 is 1.03 bits per heavy atom. The number of aliphatic carboxylic acids is 1. The largest absolute Gasteiger partial charge is 0.481 e. The van der Waals surface area contributed by atoms with Gasteiger partial charge >= 0.3 is 5.97 Å². The summed E-state index contributed by atoms with van der Waals surface area (Å²) in [6.45, 7) is 0. The smallest absolute Gasteiger partial charge is 0.315 e. The molecule has 1 atom stereocenters. The third-order valence-electron chi connectivity index (χ3n) is 5.06. The summed E-state index contributed by atoms with van der Waals surface area (Å²) in [5, 5.41) is 14.5. The lowest BCUT2D eigenvalue weighted by Gasteiger charge is -2.20. The average molecular weight is 504 g/mol. The fourth-order valence-electron chi connectivity index (χ4n) is 3.56. The molecule has 2 aliphatic heterocycles. The van der Waals surface area contributed by atoms with Crippen molar-refractivity contribution in [2.45, 2.75) is 15.7 Å². The molecule has 0 aliphatic carbocycles. The van der Waals surface area contributed by atoms with Gasteiger partial charge in [-0.3, -0.25) is 4.79 Å². The summed E-state index contributed by atoms with van der Waals surface area (Å²) in [7, 11) is 3.50. The van der Waals surface area contributed by atoms with E-state index in [1.807, 2.05) is 36.4 Å². The van der Waals surface area contributed by atoms with E-state index in [0.717, 1.165) is 26.7 Å². The molecule has 0 fully saturated rings. The number of hydrogen-bond donors (Lipinski definition) is 2. The fourth-order valence-corrected chi connectivity index (χ4v) is 6.91. The van der Waals surface area contributed by atoms with Crippen LogP contribution in [-0.4, -0.2) is 16.8 Å². The van der Waals surface area contributed by atoms with Crippen molar-refractivity contribution in [2.75, 3.05) is 11.1 Å². The number of carboxylic acid groups (broad SMARTS) is 1. The van der Waals surface area contributed by atoms with Gasteiger partial charge in [0.2, 0.25) is 0 Å². The van der Waals surface area contributed by atoms with Crippen LogP contribution >= 0.6 is 56.6 Å². The van der Waals surface area contributed by atoms with E-state index in [-0.39, 0.29) is 0 Å².